The minimum absolute atomic E-state index is 0. The monoisotopic (exact) mass is 268 g/mol. The molecule has 100 valence electrons. The number of nitrogens with one attached hydrogen (secondary N) is 2. The van der Waals surface area contributed by atoms with Crippen LogP contribution in [-0.4, -0.2) is 25.0 Å². The van der Waals surface area contributed by atoms with Gasteiger partial charge in [-0.25, -0.2) is 0 Å². The molecule has 0 aromatic heterocycles. The highest BCUT2D eigenvalue weighted by Crippen LogP contribution is 2.06. The number of carbonyl (C=O) groups is 1. The van der Waals surface area contributed by atoms with E-state index in [1.54, 1.807) is 0 Å². The van der Waals surface area contributed by atoms with Crippen molar-refractivity contribution in [1.82, 2.24) is 10.6 Å². The highest BCUT2D eigenvalue weighted by molar-refractivity contribution is 5.85. The van der Waals surface area contributed by atoms with Gasteiger partial charge in [-0.3, -0.25) is 4.79 Å². The zero-order chi connectivity index (χ0) is 12.1. The number of benzene rings is 1. The lowest BCUT2D eigenvalue weighted by molar-refractivity contribution is -0.122. The molecule has 3 nitrogen and oxygen atoms in total. The van der Waals surface area contributed by atoms with Crippen LogP contribution in [0.15, 0.2) is 24.3 Å². The van der Waals surface area contributed by atoms with E-state index in [4.69, 9.17) is 0 Å². The Morgan fingerprint density at radius 1 is 1.50 bits per heavy atom. The summed E-state index contributed by atoms with van der Waals surface area (Å²) in [4.78, 5) is 11.7. The SMILES string of the molecule is Cc1cccc(CCNC(=O)[C@@H]2CCCN2)c1.Cl. The molecule has 1 aromatic rings. The first kappa shape index (κ1) is 15.0. The van der Waals surface area contributed by atoms with E-state index in [1.165, 1.54) is 11.1 Å². The number of hydrogen-bond donors (Lipinski definition) is 2. The van der Waals surface area contributed by atoms with Gasteiger partial charge in [-0.1, -0.05) is 29.8 Å². The van der Waals surface area contributed by atoms with E-state index >= 15 is 0 Å². The largest absolute Gasteiger partial charge is 0.354 e. The summed E-state index contributed by atoms with van der Waals surface area (Å²) in [5.74, 6) is 0.148. The minimum Gasteiger partial charge on any atom is -0.354 e. The summed E-state index contributed by atoms with van der Waals surface area (Å²) in [6, 6.07) is 8.45. The van der Waals surface area contributed by atoms with Crippen LogP contribution < -0.4 is 10.6 Å². The summed E-state index contributed by atoms with van der Waals surface area (Å²) in [6.07, 6.45) is 2.98. The van der Waals surface area contributed by atoms with Crippen LogP contribution in [0.1, 0.15) is 24.0 Å². The Labute approximate surface area is 115 Å². The van der Waals surface area contributed by atoms with Gasteiger partial charge in [-0.05, 0) is 38.3 Å². The van der Waals surface area contributed by atoms with E-state index < -0.39 is 0 Å². The molecule has 1 saturated heterocycles. The Morgan fingerprint density at radius 3 is 3.00 bits per heavy atom. The van der Waals surface area contributed by atoms with Crippen molar-refractivity contribution < 1.29 is 4.79 Å². The Hall–Kier alpha value is -1.06. The number of hydrogen-bond acceptors (Lipinski definition) is 2. The molecule has 1 aromatic carbocycles. The molecule has 0 saturated carbocycles. The molecule has 18 heavy (non-hydrogen) atoms. The molecule has 0 bridgehead atoms. The van der Waals surface area contributed by atoms with Crippen LogP contribution in [0.2, 0.25) is 0 Å². The maximum Gasteiger partial charge on any atom is 0.237 e. The highest BCUT2D eigenvalue weighted by atomic mass is 35.5. The smallest absolute Gasteiger partial charge is 0.237 e. The number of halogens is 1. The van der Waals surface area contributed by atoms with Gasteiger partial charge < -0.3 is 10.6 Å². The molecule has 4 heteroatoms. The third kappa shape index (κ3) is 4.31. The Balaban J connectivity index is 0.00000162. The predicted octanol–water partition coefficient (Wildman–Crippen LogP) is 1.83. The molecule has 1 fully saturated rings. The molecule has 1 aliphatic heterocycles. The van der Waals surface area contributed by atoms with Crippen LogP contribution in [-0.2, 0) is 11.2 Å². The summed E-state index contributed by atoms with van der Waals surface area (Å²) in [7, 11) is 0. The first-order valence-corrected chi connectivity index (χ1v) is 6.32. The quantitative estimate of drug-likeness (QED) is 0.875. The third-order valence-electron chi connectivity index (χ3n) is 3.17. The number of aryl methyl sites for hydroxylation is 1. The van der Waals surface area contributed by atoms with Gasteiger partial charge in [-0.2, -0.15) is 0 Å². The zero-order valence-corrected chi connectivity index (χ0v) is 11.6. The van der Waals surface area contributed by atoms with Crippen molar-refractivity contribution in [2.45, 2.75) is 32.2 Å². The average molecular weight is 269 g/mol. The third-order valence-corrected chi connectivity index (χ3v) is 3.17. The van der Waals surface area contributed by atoms with Crippen LogP contribution in [0, 0.1) is 6.92 Å². The lowest BCUT2D eigenvalue weighted by atomic mass is 10.1. The summed E-state index contributed by atoms with van der Waals surface area (Å²) >= 11 is 0. The van der Waals surface area contributed by atoms with Gasteiger partial charge in [-0.15, -0.1) is 12.4 Å². The van der Waals surface area contributed by atoms with E-state index in [0.29, 0.717) is 0 Å². The summed E-state index contributed by atoms with van der Waals surface area (Å²) in [5, 5.41) is 6.19. The molecule has 1 amide bonds. The van der Waals surface area contributed by atoms with Gasteiger partial charge in [0.25, 0.3) is 0 Å². The van der Waals surface area contributed by atoms with Crippen molar-refractivity contribution in [2.24, 2.45) is 0 Å². The fourth-order valence-corrected chi connectivity index (χ4v) is 2.23. The molecule has 1 atom stereocenters. The standard InChI is InChI=1S/C14H20N2O.ClH/c1-11-4-2-5-12(10-11)7-9-16-14(17)13-6-3-8-15-13;/h2,4-5,10,13,15H,3,6-9H2,1H3,(H,16,17);1H/t13-;/m0./s1. The Morgan fingerprint density at radius 2 is 2.33 bits per heavy atom. The molecule has 1 aliphatic rings. The summed E-state index contributed by atoms with van der Waals surface area (Å²) < 4.78 is 0. The van der Waals surface area contributed by atoms with E-state index in [1.807, 2.05) is 0 Å². The Kier molecular flexibility index (Phi) is 6.16. The van der Waals surface area contributed by atoms with Crippen LogP contribution in [0.3, 0.4) is 0 Å². The summed E-state index contributed by atoms with van der Waals surface area (Å²) in [6.45, 7) is 3.78. The second-order valence-electron chi connectivity index (χ2n) is 4.68. The van der Waals surface area contributed by atoms with Crippen molar-refractivity contribution in [3.05, 3.63) is 35.4 Å². The second kappa shape index (κ2) is 7.39. The van der Waals surface area contributed by atoms with Crippen molar-refractivity contribution >= 4 is 18.3 Å². The first-order valence-electron chi connectivity index (χ1n) is 6.32. The van der Waals surface area contributed by atoms with Crippen LogP contribution in [0.25, 0.3) is 0 Å². The van der Waals surface area contributed by atoms with Crippen molar-refractivity contribution in [1.29, 1.82) is 0 Å². The van der Waals surface area contributed by atoms with Gasteiger partial charge in [0.1, 0.15) is 0 Å². The number of rotatable bonds is 4. The molecule has 1 heterocycles. The van der Waals surface area contributed by atoms with E-state index in [2.05, 4.69) is 41.8 Å². The highest BCUT2D eigenvalue weighted by Gasteiger charge is 2.20. The van der Waals surface area contributed by atoms with E-state index in [9.17, 15) is 4.79 Å². The van der Waals surface area contributed by atoms with Gasteiger partial charge in [0.15, 0.2) is 0 Å². The van der Waals surface area contributed by atoms with E-state index in [-0.39, 0.29) is 24.4 Å². The van der Waals surface area contributed by atoms with Crippen molar-refractivity contribution in [3.63, 3.8) is 0 Å². The minimum atomic E-state index is 0. The lowest BCUT2D eigenvalue weighted by Gasteiger charge is -2.11. The molecule has 2 rings (SSSR count). The zero-order valence-electron chi connectivity index (χ0n) is 10.7. The average Bonchev–Trinajstić information content (AvgIpc) is 2.82. The Bertz CT molecular complexity index is 389. The van der Waals surface area contributed by atoms with Gasteiger partial charge in [0, 0.05) is 6.54 Å². The van der Waals surface area contributed by atoms with Crippen LogP contribution >= 0.6 is 12.4 Å². The molecule has 2 N–H and O–H groups in total. The topological polar surface area (TPSA) is 41.1 Å². The normalized spacial score (nSPS) is 18.2. The first-order chi connectivity index (χ1) is 8.25. The van der Waals surface area contributed by atoms with Crippen LogP contribution in [0.5, 0.6) is 0 Å². The van der Waals surface area contributed by atoms with Gasteiger partial charge >= 0.3 is 0 Å². The maximum absolute atomic E-state index is 11.7. The molecule has 0 unspecified atom stereocenters. The van der Waals surface area contributed by atoms with Gasteiger partial charge in [0.05, 0.1) is 6.04 Å². The van der Waals surface area contributed by atoms with E-state index in [0.717, 1.165) is 32.4 Å². The fourth-order valence-electron chi connectivity index (χ4n) is 2.23. The van der Waals surface area contributed by atoms with Crippen molar-refractivity contribution in [2.75, 3.05) is 13.1 Å². The number of carbonyl (C=O) groups excluding carboxylic acids is 1. The van der Waals surface area contributed by atoms with Crippen molar-refractivity contribution in [3.8, 4) is 0 Å². The molecule has 0 radical (unpaired) electrons. The molecule has 0 aliphatic carbocycles. The molecular formula is C14H21ClN2O. The van der Waals surface area contributed by atoms with Crippen LogP contribution in [0.4, 0.5) is 0 Å². The predicted molar refractivity (Wildman–Crippen MR) is 76.2 cm³/mol. The number of amides is 1. The maximum atomic E-state index is 11.7. The molecular weight excluding hydrogens is 248 g/mol. The second-order valence-corrected chi connectivity index (χ2v) is 4.68. The van der Waals surface area contributed by atoms with Gasteiger partial charge in [0.2, 0.25) is 5.91 Å². The lowest BCUT2D eigenvalue weighted by Crippen LogP contribution is -2.41. The molecule has 0 spiro atoms. The fraction of sp³-hybridized carbons (Fsp3) is 0.500. The summed E-state index contributed by atoms with van der Waals surface area (Å²) in [5.41, 5.74) is 2.55.